The average Bonchev–Trinajstić information content (AvgIpc) is 3.25. The number of rotatable bonds is 52. The van der Waals surface area contributed by atoms with Gasteiger partial charge in [-0.2, -0.15) is 0 Å². The topological polar surface area (TPSA) is 162 Å². The van der Waals surface area contributed by atoms with Gasteiger partial charge in [-0.25, -0.2) is 0 Å². The lowest BCUT2D eigenvalue weighted by Crippen LogP contribution is -2.32. The number of amides is 2. The number of carbonyl (C=O) groups excluding carboxylic acids is 2. The quantitative estimate of drug-likeness (QED) is 0.0327. The molecule has 11 heteroatoms. The summed E-state index contributed by atoms with van der Waals surface area (Å²) in [4.78, 5) is 24.2. The van der Waals surface area contributed by atoms with E-state index in [4.69, 9.17) is 25.7 Å². The third kappa shape index (κ3) is 52.9. The summed E-state index contributed by atoms with van der Waals surface area (Å²) in [5, 5.41) is 13.4. The highest BCUT2D eigenvalue weighted by Crippen LogP contribution is 2.16. The fourth-order valence-electron chi connectivity index (χ4n) is 7.62. The molecule has 0 heterocycles. The Morgan fingerprint density at radius 3 is 1.18 bits per heavy atom. The highest BCUT2D eigenvalue weighted by Gasteiger charge is 2.09. The van der Waals surface area contributed by atoms with Crippen LogP contribution >= 0.6 is 0 Å². The van der Waals surface area contributed by atoms with Gasteiger partial charge in [-0.15, -0.1) is 0 Å². The fraction of sp³-hybridized carbons (Fsp3) is 0.960. The Morgan fingerprint density at radius 1 is 0.410 bits per heavy atom. The van der Waals surface area contributed by atoms with E-state index in [1.807, 2.05) is 0 Å². The van der Waals surface area contributed by atoms with Crippen LogP contribution in [0, 0.1) is 5.92 Å². The van der Waals surface area contributed by atoms with Gasteiger partial charge in [0.05, 0.1) is 33.0 Å². The zero-order valence-corrected chi connectivity index (χ0v) is 39.6. The Hall–Kier alpha value is -1.34. The van der Waals surface area contributed by atoms with Crippen LogP contribution in [0.5, 0.6) is 0 Å². The monoisotopic (exact) mass is 871 g/mol. The van der Waals surface area contributed by atoms with E-state index >= 15 is 0 Å². The maximum Gasteiger partial charge on any atom is 0.222 e. The largest absolute Gasteiger partial charge is 0.382 e. The molecule has 0 saturated heterocycles. The van der Waals surface area contributed by atoms with E-state index < -0.39 is 0 Å². The zero-order valence-electron chi connectivity index (χ0n) is 39.6. The van der Waals surface area contributed by atoms with Crippen molar-refractivity contribution >= 4 is 11.8 Å². The van der Waals surface area contributed by atoms with Gasteiger partial charge in [0.25, 0.3) is 0 Å². The molecule has 8 N–H and O–H groups in total. The van der Waals surface area contributed by atoms with Gasteiger partial charge in [-0.1, -0.05) is 149 Å². The van der Waals surface area contributed by atoms with Gasteiger partial charge >= 0.3 is 0 Å². The summed E-state index contributed by atoms with van der Waals surface area (Å²) in [5.41, 5.74) is 11.3. The molecule has 0 aromatic rings. The normalized spacial score (nSPS) is 11.3. The second-order valence-corrected chi connectivity index (χ2v) is 17.3. The highest BCUT2D eigenvalue weighted by molar-refractivity contribution is 5.76. The molecule has 0 unspecified atom stereocenters. The van der Waals surface area contributed by atoms with Crippen molar-refractivity contribution in [2.24, 2.45) is 17.4 Å². The lowest BCUT2D eigenvalue weighted by molar-refractivity contribution is -0.122. The van der Waals surface area contributed by atoms with Crippen LogP contribution in [0.25, 0.3) is 0 Å². The number of hydrogen-bond acceptors (Lipinski definition) is 9. The van der Waals surface area contributed by atoms with Crippen LogP contribution < -0.4 is 32.7 Å². The van der Waals surface area contributed by atoms with Crippen LogP contribution in [0.1, 0.15) is 213 Å². The molecule has 0 saturated carbocycles. The van der Waals surface area contributed by atoms with Crippen molar-refractivity contribution in [1.29, 1.82) is 0 Å². The van der Waals surface area contributed by atoms with E-state index in [1.165, 1.54) is 148 Å². The van der Waals surface area contributed by atoms with Crippen LogP contribution in [0.2, 0.25) is 0 Å². The van der Waals surface area contributed by atoms with Crippen molar-refractivity contribution in [2.75, 3.05) is 92.5 Å². The third-order valence-electron chi connectivity index (χ3n) is 11.5. The molecule has 0 radical (unpaired) electrons. The summed E-state index contributed by atoms with van der Waals surface area (Å²) in [5.74, 6) is 0.988. The maximum absolute atomic E-state index is 12.3. The van der Waals surface area contributed by atoms with Crippen LogP contribution in [0.3, 0.4) is 0 Å². The molecule has 11 nitrogen and oxygen atoms in total. The molecule has 0 bridgehead atoms. The molecule has 0 fully saturated rings. The van der Waals surface area contributed by atoms with Gasteiger partial charge < -0.3 is 46.9 Å². The number of carbonyl (C=O) groups is 2. The Kier molecular flexibility index (Phi) is 55.5. The van der Waals surface area contributed by atoms with Crippen molar-refractivity contribution in [1.82, 2.24) is 21.3 Å². The molecule has 0 atom stereocenters. The summed E-state index contributed by atoms with van der Waals surface area (Å²) in [6, 6.07) is 0. The molecule has 2 amide bonds. The van der Waals surface area contributed by atoms with E-state index in [2.05, 4.69) is 21.3 Å². The van der Waals surface area contributed by atoms with E-state index in [1.54, 1.807) is 7.11 Å². The molecule has 0 spiro atoms. The van der Waals surface area contributed by atoms with Gasteiger partial charge in [0, 0.05) is 33.0 Å². The lowest BCUT2D eigenvalue weighted by Gasteiger charge is -2.18. The molecule has 0 aliphatic heterocycles. The molecular formula is C50H106N6O5. The van der Waals surface area contributed by atoms with Gasteiger partial charge in [0.1, 0.15) is 0 Å². The standard InChI is InChI=1S/C49H102N6O5.CH4/c1-58-41-42-60-44-43-59-40-33-49(57)55-39-27-21-18-16-14-12-10-8-6-4-2-3-5-7-9-11-13-15-17-19-24-32-48(56)54-38-28-22-20-23-31-47(45-52-36-29-25-34-50)46-53-37-30-26-35-51;/h47,52-53H,2-46,50-51H2,1H3,(H,54,56)(H,55,57);1H4. The van der Waals surface area contributed by atoms with Gasteiger partial charge in [0.15, 0.2) is 0 Å². The second-order valence-electron chi connectivity index (χ2n) is 17.3. The number of unbranched alkanes of at least 4 members (excludes halogenated alkanes) is 25. The molecular weight excluding hydrogens is 765 g/mol. The van der Waals surface area contributed by atoms with Crippen LogP contribution in [0.4, 0.5) is 0 Å². The lowest BCUT2D eigenvalue weighted by atomic mass is 10.00. The van der Waals surface area contributed by atoms with Crippen molar-refractivity contribution in [2.45, 2.75) is 213 Å². The summed E-state index contributed by atoms with van der Waals surface area (Å²) in [7, 11) is 1.65. The Bertz CT molecular complexity index is 843. The zero-order chi connectivity index (χ0) is 43.5. The fourth-order valence-corrected chi connectivity index (χ4v) is 7.62. The summed E-state index contributed by atoms with van der Waals surface area (Å²) in [6.07, 6.45) is 39.4. The van der Waals surface area contributed by atoms with Crippen LogP contribution in [-0.2, 0) is 23.8 Å². The Balaban J connectivity index is 0. The van der Waals surface area contributed by atoms with Crippen molar-refractivity contribution in [3.8, 4) is 0 Å². The number of nitrogens with two attached hydrogens (primary N) is 2. The first kappa shape index (κ1) is 61.7. The first-order valence-corrected chi connectivity index (χ1v) is 25.6. The molecule has 0 rings (SSSR count). The van der Waals surface area contributed by atoms with Crippen LogP contribution in [-0.4, -0.2) is 104 Å². The predicted molar refractivity (Wildman–Crippen MR) is 261 cm³/mol. The van der Waals surface area contributed by atoms with E-state index in [9.17, 15) is 9.59 Å². The van der Waals surface area contributed by atoms with Crippen molar-refractivity contribution < 1.29 is 23.8 Å². The SMILES string of the molecule is C.COCCOCCOCCC(=O)NCCCCCCCCCCCCCCCCCCCCCCCC(=O)NCCCCCCC(CNCCCCN)CNCCCCN. The number of hydrogen-bond donors (Lipinski definition) is 6. The first-order valence-electron chi connectivity index (χ1n) is 25.6. The van der Waals surface area contributed by atoms with Crippen LogP contribution in [0.15, 0.2) is 0 Å². The Labute approximate surface area is 378 Å². The first-order chi connectivity index (χ1) is 29.6. The van der Waals surface area contributed by atoms with Gasteiger partial charge in [0.2, 0.25) is 11.8 Å². The predicted octanol–water partition coefficient (Wildman–Crippen LogP) is 9.73. The van der Waals surface area contributed by atoms with Gasteiger partial charge in [-0.3, -0.25) is 9.59 Å². The Morgan fingerprint density at radius 2 is 0.754 bits per heavy atom. The maximum atomic E-state index is 12.3. The van der Waals surface area contributed by atoms with Crippen molar-refractivity contribution in [3.63, 3.8) is 0 Å². The third-order valence-corrected chi connectivity index (χ3v) is 11.5. The van der Waals surface area contributed by atoms with E-state index in [0.29, 0.717) is 51.8 Å². The highest BCUT2D eigenvalue weighted by atomic mass is 16.5. The molecule has 0 aromatic carbocycles. The molecule has 366 valence electrons. The average molecular weight is 871 g/mol. The molecule has 0 aromatic heterocycles. The number of ether oxygens (including phenoxy) is 3. The molecule has 0 aliphatic carbocycles. The second kappa shape index (κ2) is 54.8. The molecule has 61 heavy (non-hydrogen) atoms. The minimum atomic E-state index is 0. The molecule has 0 aliphatic rings. The number of nitrogens with one attached hydrogen (secondary N) is 4. The minimum Gasteiger partial charge on any atom is -0.382 e. The smallest absolute Gasteiger partial charge is 0.222 e. The van der Waals surface area contributed by atoms with E-state index in [-0.39, 0.29) is 19.2 Å². The van der Waals surface area contributed by atoms with Crippen molar-refractivity contribution in [3.05, 3.63) is 0 Å². The summed E-state index contributed by atoms with van der Waals surface area (Å²) in [6.45, 7) is 10.1. The summed E-state index contributed by atoms with van der Waals surface area (Å²) >= 11 is 0. The minimum absolute atomic E-state index is 0. The van der Waals surface area contributed by atoms with E-state index in [0.717, 1.165) is 97.3 Å². The number of methoxy groups -OCH3 is 1. The summed E-state index contributed by atoms with van der Waals surface area (Å²) < 4.78 is 15.7. The van der Waals surface area contributed by atoms with Gasteiger partial charge in [-0.05, 0) is 96.6 Å².